The highest BCUT2D eigenvalue weighted by atomic mass is 16.1. The lowest BCUT2D eigenvalue weighted by Crippen LogP contribution is -2.13. The highest BCUT2D eigenvalue weighted by Gasteiger charge is 2.12. The van der Waals surface area contributed by atoms with Crippen LogP contribution in [0.25, 0.3) is 5.65 Å². The van der Waals surface area contributed by atoms with E-state index < -0.39 is 0 Å². The van der Waals surface area contributed by atoms with Crippen molar-refractivity contribution in [2.24, 2.45) is 0 Å². The number of carbonyl (C=O) groups excluding carboxylic acids is 1. The van der Waals surface area contributed by atoms with Crippen LogP contribution in [0.4, 0.5) is 5.69 Å². The SMILES string of the molecule is CNCCc1ccc(NC(=O)c2cccn3cc(C)nc23)cc1. The van der Waals surface area contributed by atoms with E-state index in [2.05, 4.69) is 15.6 Å². The minimum absolute atomic E-state index is 0.149. The van der Waals surface area contributed by atoms with Gasteiger partial charge in [-0.05, 0) is 56.8 Å². The average molecular weight is 308 g/mol. The summed E-state index contributed by atoms with van der Waals surface area (Å²) < 4.78 is 1.87. The Morgan fingerprint density at radius 2 is 2.00 bits per heavy atom. The van der Waals surface area contributed by atoms with Gasteiger partial charge < -0.3 is 15.0 Å². The number of nitrogens with zero attached hydrogens (tertiary/aromatic N) is 2. The molecule has 0 spiro atoms. The van der Waals surface area contributed by atoms with Gasteiger partial charge in [0.1, 0.15) is 5.65 Å². The van der Waals surface area contributed by atoms with E-state index in [0.29, 0.717) is 11.2 Å². The number of hydrogen-bond acceptors (Lipinski definition) is 3. The van der Waals surface area contributed by atoms with E-state index in [1.807, 2.05) is 61.1 Å². The fourth-order valence-electron chi connectivity index (χ4n) is 2.54. The highest BCUT2D eigenvalue weighted by Crippen LogP contribution is 2.15. The number of fused-ring (bicyclic) bond motifs is 1. The van der Waals surface area contributed by atoms with Crippen molar-refractivity contribution in [2.45, 2.75) is 13.3 Å². The Balaban J connectivity index is 1.78. The maximum absolute atomic E-state index is 12.5. The van der Waals surface area contributed by atoms with Gasteiger partial charge in [-0.25, -0.2) is 4.98 Å². The van der Waals surface area contributed by atoms with E-state index in [9.17, 15) is 4.79 Å². The predicted octanol–water partition coefficient (Wildman–Crippen LogP) is 2.66. The van der Waals surface area contributed by atoms with E-state index in [1.54, 1.807) is 6.07 Å². The van der Waals surface area contributed by atoms with Crippen LogP contribution in [0.2, 0.25) is 0 Å². The summed E-state index contributed by atoms with van der Waals surface area (Å²) in [5.41, 5.74) is 4.16. The summed E-state index contributed by atoms with van der Waals surface area (Å²) in [5, 5.41) is 6.06. The number of benzene rings is 1. The van der Waals surface area contributed by atoms with Gasteiger partial charge in [0.05, 0.1) is 11.3 Å². The number of amides is 1. The predicted molar refractivity (Wildman–Crippen MR) is 92.0 cm³/mol. The second kappa shape index (κ2) is 6.62. The maximum Gasteiger partial charge on any atom is 0.259 e. The third kappa shape index (κ3) is 3.40. The van der Waals surface area contributed by atoms with E-state index in [-0.39, 0.29) is 5.91 Å². The molecule has 0 bridgehead atoms. The number of carbonyl (C=O) groups is 1. The van der Waals surface area contributed by atoms with Crippen molar-refractivity contribution in [1.82, 2.24) is 14.7 Å². The van der Waals surface area contributed by atoms with Crippen molar-refractivity contribution in [3.8, 4) is 0 Å². The van der Waals surface area contributed by atoms with Gasteiger partial charge in [-0.1, -0.05) is 12.1 Å². The first kappa shape index (κ1) is 15.2. The Morgan fingerprint density at radius 3 is 2.74 bits per heavy atom. The molecule has 0 saturated carbocycles. The van der Waals surface area contributed by atoms with Crippen LogP contribution in [0.15, 0.2) is 48.8 Å². The van der Waals surface area contributed by atoms with Crippen LogP contribution in [-0.4, -0.2) is 28.9 Å². The standard InChI is InChI=1S/C18H20N4O/c1-13-12-22-11-3-4-16(17(22)20-13)18(23)21-15-7-5-14(6-8-15)9-10-19-2/h3-8,11-12,19H,9-10H2,1-2H3,(H,21,23). The number of imidazole rings is 1. The molecular weight excluding hydrogens is 288 g/mol. The molecule has 3 rings (SSSR count). The third-order valence-corrected chi connectivity index (χ3v) is 3.72. The number of aryl methyl sites for hydroxylation is 1. The highest BCUT2D eigenvalue weighted by molar-refractivity contribution is 6.08. The van der Waals surface area contributed by atoms with E-state index in [0.717, 1.165) is 24.3 Å². The third-order valence-electron chi connectivity index (χ3n) is 3.72. The molecule has 0 aliphatic rings. The molecule has 2 aromatic heterocycles. The molecule has 23 heavy (non-hydrogen) atoms. The number of hydrogen-bond donors (Lipinski definition) is 2. The Kier molecular flexibility index (Phi) is 4.39. The molecule has 0 atom stereocenters. The zero-order chi connectivity index (χ0) is 16.2. The quantitative estimate of drug-likeness (QED) is 0.762. The van der Waals surface area contributed by atoms with Gasteiger partial charge in [0.2, 0.25) is 0 Å². The fourth-order valence-corrected chi connectivity index (χ4v) is 2.54. The minimum atomic E-state index is -0.149. The van der Waals surface area contributed by atoms with Crippen molar-refractivity contribution in [3.63, 3.8) is 0 Å². The number of nitrogens with one attached hydrogen (secondary N) is 2. The molecule has 0 saturated heterocycles. The number of pyridine rings is 1. The van der Waals surface area contributed by atoms with Crippen molar-refractivity contribution >= 4 is 17.2 Å². The molecule has 2 heterocycles. The second-order valence-electron chi connectivity index (χ2n) is 5.54. The topological polar surface area (TPSA) is 58.4 Å². The Hall–Kier alpha value is -2.66. The summed E-state index contributed by atoms with van der Waals surface area (Å²) in [5.74, 6) is -0.149. The van der Waals surface area contributed by atoms with Crippen molar-refractivity contribution in [3.05, 3.63) is 65.6 Å². The van der Waals surface area contributed by atoms with Gasteiger partial charge in [0.25, 0.3) is 5.91 Å². The van der Waals surface area contributed by atoms with Gasteiger partial charge in [-0.3, -0.25) is 4.79 Å². The molecule has 0 radical (unpaired) electrons. The van der Waals surface area contributed by atoms with Gasteiger partial charge in [-0.2, -0.15) is 0 Å². The zero-order valence-electron chi connectivity index (χ0n) is 13.3. The van der Waals surface area contributed by atoms with Crippen LogP contribution in [0, 0.1) is 6.92 Å². The molecule has 5 heteroatoms. The summed E-state index contributed by atoms with van der Waals surface area (Å²) in [6, 6.07) is 11.6. The van der Waals surface area contributed by atoms with Gasteiger partial charge >= 0.3 is 0 Å². The first-order valence-corrected chi connectivity index (χ1v) is 7.66. The van der Waals surface area contributed by atoms with Crippen LogP contribution in [0.3, 0.4) is 0 Å². The smallest absolute Gasteiger partial charge is 0.259 e. The summed E-state index contributed by atoms with van der Waals surface area (Å²) in [4.78, 5) is 16.9. The van der Waals surface area contributed by atoms with Crippen LogP contribution >= 0.6 is 0 Å². The second-order valence-corrected chi connectivity index (χ2v) is 5.54. The molecule has 0 aliphatic carbocycles. The summed E-state index contributed by atoms with van der Waals surface area (Å²) >= 11 is 0. The van der Waals surface area contributed by atoms with E-state index in [1.165, 1.54) is 5.56 Å². The first-order chi connectivity index (χ1) is 11.2. The molecule has 1 aromatic carbocycles. The largest absolute Gasteiger partial charge is 0.322 e. The Bertz CT molecular complexity index is 821. The lowest BCUT2D eigenvalue weighted by molar-refractivity contribution is 0.102. The molecule has 0 fully saturated rings. The zero-order valence-corrected chi connectivity index (χ0v) is 13.3. The summed E-state index contributed by atoms with van der Waals surface area (Å²) in [6.07, 6.45) is 4.77. The van der Waals surface area contributed by atoms with Gasteiger partial charge in [0, 0.05) is 18.1 Å². The van der Waals surface area contributed by atoms with Crippen LogP contribution in [0.5, 0.6) is 0 Å². The summed E-state index contributed by atoms with van der Waals surface area (Å²) in [6.45, 7) is 2.85. The molecule has 1 amide bonds. The van der Waals surface area contributed by atoms with E-state index >= 15 is 0 Å². The number of likely N-dealkylation sites (N-methyl/N-ethyl adjacent to an activating group) is 1. The van der Waals surface area contributed by atoms with Crippen molar-refractivity contribution in [2.75, 3.05) is 18.9 Å². The lowest BCUT2D eigenvalue weighted by atomic mass is 10.1. The minimum Gasteiger partial charge on any atom is -0.322 e. The molecular formula is C18H20N4O. The molecule has 3 aromatic rings. The first-order valence-electron chi connectivity index (χ1n) is 7.66. The molecule has 0 aliphatic heterocycles. The Morgan fingerprint density at radius 1 is 1.22 bits per heavy atom. The van der Waals surface area contributed by atoms with Gasteiger partial charge in [0.15, 0.2) is 0 Å². The monoisotopic (exact) mass is 308 g/mol. The van der Waals surface area contributed by atoms with E-state index in [4.69, 9.17) is 0 Å². The van der Waals surface area contributed by atoms with Crippen LogP contribution in [-0.2, 0) is 6.42 Å². The molecule has 118 valence electrons. The molecule has 5 nitrogen and oxygen atoms in total. The number of aromatic nitrogens is 2. The fraction of sp³-hybridized carbons (Fsp3) is 0.222. The lowest BCUT2D eigenvalue weighted by Gasteiger charge is -2.07. The number of rotatable bonds is 5. The van der Waals surface area contributed by atoms with Crippen molar-refractivity contribution < 1.29 is 4.79 Å². The Labute approximate surface area is 135 Å². The summed E-state index contributed by atoms with van der Waals surface area (Å²) in [7, 11) is 1.94. The molecule has 2 N–H and O–H groups in total. The number of anilines is 1. The average Bonchev–Trinajstić information content (AvgIpc) is 2.94. The van der Waals surface area contributed by atoms with Crippen molar-refractivity contribution in [1.29, 1.82) is 0 Å². The van der Waals surface area contributed by atoms with Crippen LogP contribution < -0.4 is 10.6 Å². The maximum atomic E-state index is 12.5. The normalized spacial score (nSPS) is 10.9. The van der Waals surface area contributed by atoms with Crippen LogP contribution in [0.1, 0.15) is 21.6 Å². The molecule has 0 unspecified atom stereocenters. The van der Waals surface area contributed by atoms with Gasteiger partial charge in [-0.15, -0.1) is 0 Å².